The molecule has 0 radical (unpaired) electrons. The standard InChI is InChI=1S/C15H31NO/c1-11(2)14(7,16)15(17)9-12(3,4)8-13(5,6)10-15/h11,17H,8-10,16H2,1-7H3. The smallest absolute Gasteiger partial charge is 0.0836 e. The van der Waals surface area contributed by atoms with Crippen LogP contribution in [0.4, 0.5) is 0 Å². The van der Waals surface area contributed by atoms with Crippen molar-refractivity contribution in [1.29, 1.82) is 0 Å². The summed E-state index contributed by atoms with van der Waals surface area (Å²) in [7, 11) is 0. The highest BCUT2D eigenvalue weighted by atomic mass is 16.3. The Labute approximate surface area is 107 Å². The van der Waals surface area contributed by atoms with E-state index in [-0.39, 0.29) is 16.7 Å². The molecule has 0 heterocycles. The predicted octanol–water partition coefficient (Wildman–Crippen LogP) is 3.33. The molecule has 0 spiro atoms. The number of hydrogen-bond acceptors (Lipinski definition) is 2. The van der Waals surface area contributed by atoms with E-state index in [1.807, 2.05) is 6.92 Å². The second-order valence-electron chi connectivity index (χ2n) is 8.33. The molecule has 1 aliphatic carbocycles. The van der Waals surface area contributed by atoms with Crippen molar-refractivity contribution < 1.29 is 5.11 Å². The first-order valence-corrected chi connectivity index (χ1v) is 6.83. The second kappa shape index (κ2) is 3.96. The maximum absolute atomic E-state index is 11.1. The molecule has 102 valence electrons. The van der Waals surface area contributed by atoms with Crippen molar-refractivity contribution in [2.45, 2.75) is 78.9 Å². The molecule has 2 heteroatoms. The third-order valence-electron chi connectivity index (χ3n) is 4.70. The van der Waals surface area contributed by atoms with Crippen LogP contribution in [0.3, 0.4) is 0 Å². The molecule has 0 bridgehead atoms. The molecular weight excluding hydrogens is 210 g/mol. The van der Waals surface area contributed by atoms with Crippen molar-refractivity contribution in [3.8, 4) is 0 Å². The van der Waals surface area contributed by atoms with E-state index in [0.717, 1.165) is 19.3 Å². The molecule has 0 amide bonds. The van der Waals surface area contributed by atoms with Gasteiger partial charge in [0.15, 0.2) is 0 Å². The number of rotatable bonds is 2. The summed E-state index contributed by atoms with van der Waals surface area (Å²) in [6.45, 7) is 15.2. The van der Waals surface area contributed by atoms with Crippen LogP contribution < -0.4 is 5.73 Å². The molecule has 2 nitrogen and oxygen atoms in total. The topological polar surface area (TPSA) is 46.2 Å². The number of nitrogens with two attached hydrogens (primary N) is 1. The molecule has 1 atom stereocenters. The lowest BCUT2D eigenvalue weighted by atomic mass is 9.54. The highest BCUT2D eigenvalue weighted by Crippen LogP contribution is 2.53. The van der Waals surface area contributed by atoms with Gasteiger partial charge in [-0.3, -0.25) is 0 Å². The van der Waals surface area contributed by atoms with Gasteiger partial charge in [-0.05, 0) is 42.9 Å². The van der Waals surface area contributed by atoms with Gasteiger partial charge in [-0.25, -0.2) is 0 Å². The van der Waals surface area contributed by atoms with E-state index in [1.165, 1.54) is 0 Å². The van der Waals surface area contributed by atoms with Crippen LogP contribution in [0.2, 0.25) is 0 Å². The summed E-state index contributed by atoms with van der Waals surface area (Å²) < 4.78 is 0. The molecule has 0 saturated heterocycles. The van der Waals surface area contributed by atoms with Crippen LogP contribution in [-0.2, 0) is 0 Å². The Morgan fingerprint density at radius 1 is 1.00 bits per heavy atom. The van der Waals surface area contributed by atoms with Crippen molar-refractivity contribution in [2.75, 3.05) is 0 Å². The predicted molar refractivity (Wildman–Crippen MR) is 73.8 cm³/mol. The highest BCUT2D eigenvalue weighted by molar-refractivity contribution is 5.09. The summed E-state index contributed by atoms with van der Waals surface area (Å²) in [6.07, 6.45) is 2.75. The fraction of sp³-hybridized carbons (Fsp3) is 1.00. The van der Waals surface area contributed by atoms with Gasteiger partial charge >= 0.3 is 0 Å². The lowest BCUT2D eigenvalue weighted by molar-refractivity contribution is -0.138. The fourth-order valence-electron chi connectivity index (χ4n) is 3.98. The minimum Gasteiger partial charge on any atom is -0.388 e. The Morgan fingerprint density at radius 3 is 1.65 bits per heavy atom. The Hall–Kier alpha value is -0.0800. The number of hydrogen-bond donors (Lipinski definition) is 2. The maximum Gasteiger partial charge on any atom is 0.0836 e. The minimum absolute atomic E-state index is 0.159. The first kappa shape index (κ1) is 15.0. The van der Waals surface area contributed by atoms with Gasteiger partial charge in [-0.1, -0.05) is 41.5 Å². The van der Waals surface area contributed by atoms with Gasteiger partial charge in [-0.15, -0.1) is 0 Å². The van der Waals surface area contributed by atoms with Crippen LogP contribution in [0, 0.1) is 16.7 Å². The average molecular weight is 241 g/mol. The van der Waals surface area contributed by atoms with E-state index >= 15 is 0 Å². The highest BCUT2D eigenvalue weighted by Gasteiger charge is 2.54. The van der Waals surface area contributed by atoms with Crippen molar-refractivity contribution in [3.05, 3.63) is 0 Å². The summed E-state index contributed by atoms with van der Waals surface area (Å²) in [4.78, 5) is 0. The lowest BCUT2D eigenvalue weighted by Crippen LogP contribution is -2.66. The third-order valence-corrected chi connectivity index (χ3v) is 4.70. The van der Waals surface area contributed by atoms with Crippen LogP contribution in [0.15, 0.2) is 0 Å². The van der Waals surface area contributed by atoms with E-state index in [2.05, 4.69) is 41.5 Å². The Balaban J connectivity index is 3.11. The summed E-state index contributed by atoms with van der Waals surface area (Å²) in [5.74, 6) is 0.275. The van der Waals surface area contributed by atoms with Crippen molar-refractivity contribution in [3.63, 3.8) is 0 Å². The van der Waals surface area contributed by atoms with E-state index in [0.29, 0.717) is 0 Å². The van der Waals surface area contributed by atoms with Crippen LogP contribution in [0.1, 0.15) is 67.7 Å². The van der Waals surface area contributed by atoms with E-state index in [4.69, 9.17) is 5.73 Å². The van der Waals surface area contributed by atoms with Crippen molar-refractivity contribution >= 4 is 0 Å². The SMILES string of the molecule is CC(C)C(C)(N)C1(O)CC(C)(C)CC(C)(C)C1. The Kier molecular flexibility index (Phi) is 3.49. The molecule has 1 saturated carbocycles. The molecule has 0 aromatic heterocycles. The number of aliphatic hydroxyl groups is 1. The first-order chi connectivity index (χ1) is 7.31. The van der Waals surface area contributed by atoms with Gasteiger partial charge in [0.2, 0.25) is 0 Å². The Morgan fingerprint density at radius 2 is 1.35 bits per heavy atom. The molecule has 0 aliphatic heterocycles. The Bertz CT molecular complexity index is 273. The van der Waals surface area contributed by atoms with Gasteiger partial charge in [0.25, 0.3) is 0 Å². The molecule has 1 fully saturated rings. The second-order valence-corrected chi connectivity index (χ2v) is 8.33. The summed E-state index contributed by atoms with van der Waals surface area (Å²) in [5.41, 5.74) is 5.49. The molecule has 1 unspecified atom stereocenters. The monoisotopic (exact) mass is 241 g/mol. The summed E-state index contributed by atoms with van der Waals surface area (Å²) in [6, 6.07) is 0. The summed E-state index contributed by atoms with van der Waals surface area (Å²) in [5, 5.41) is 11.1. The van der Waals surface area contributed by atoms with Crippen LogP contribution in [-0.4, -0.2) is 16.2 Å². The van der Waals surface area contributed by atoms with Crippen molar-refractivity contribution in [1.82, 2.24) is 0 Å². The quantitative estimate of drug-likeness (QED) is 0.779. The fourth-order valence-corrected chi connectivity index (χ4v) is 3.98. The normalized spacial score (nSPS) is 30.0. The minimum atomic E-state index is -0.758. The zero-order chi connectivity index (χ0) is 13.7. The molecule has 0 aromatic rings. The van der Waals surface area contributed by atoms with E-state index < -0.39 is 11.1 Å². The van der Waals surface area contributed by atoms with Gasteiger partial charge in [-0.2, -0.15) is 0 Å². The molecule has 17 heavy (non-hydrogen) atoms. The van der Waals surface area contributed by atoms with Crippen molar-refractivity contribution in [2.24, 2.45) is 22.5 Å². The molecule has 1 rings (SSSR count). The zero-order valence-electron chi connectivity index (χ0n) is 12.7. The molecule has 0 aromatic carbocycles. The van der Waals surface area contributed by atoms with Crippen LogP contribution in [0.25, 0.3) is 0 Å². The van der Waals surface area contributed by atoms with Crippen LogP contribution >= 0.6 is 0 Å². The maximum atomic E-state index is 11.1. The van der Waals surface area contributed by atoms with E-state index in [1.54, 1.807) is 0 Å². The van der Waals surface area contributed by atoms with Gasteiger partial charge < -0.3 is 10.8 Å². The molecular formula is C15H31NO. The first-order valence-electron chi connectivity index (χ1n) is 6.83. The van der Waals surface area contributed by atoms with E-state index in [9.17, 15) is 5.11 Å². The van der Waals surface area contributed by atoms with Gasteiger partial charge in [0.05, 0.1) is 5.60 Å². The van der Waals surface area contributed by atoms with Gasteiger partial charge in [0, 0.05) is 5.54 Å². The summed E-state index contributed by atoms with van der Waals surface area (Å²) >= 11 is 0. The molecule has 1 aliphatic rings. The zero-order valence-corrected chi connectivity index (χ0v) is 12.7. The lowest BCUT2D eigenvalue weighted by Gasteiger charge is -2.56. The average Bonchev–Trinajstić information content (AvgIpc) is 1.95. The third kappa shape index (κ3) is 2.85. The molecule has 3 N–H and O–H groups in total. The van der Waals surface area contributed by atoms with Crippen LogP contribution in [0.5, 0.6) is 0 Å². The van der Waals surface area contributed by atoms with Gasteiger partial charge in [0.1, 0.15) is 0 Å². The largest absolute Gasteiger partial charge is 0.388 e.